The van der Waals surface area contributed by atoms with Crippen LogP contribution in [0.5, 0.6) is 0 Å². The number of carboxylic acid groups (broad SMARTS) is 1. The predicted molar refractivity (Wildman–Crippen MR) is 266 cm³/mol. The smallest absolute Gasteiger partial charge is 0.325 e. The maximum atomic E-state index is 13.9. The second-order valence-electron chi connectivity index (χ2n) is 18.5. The molecule has 0 radical (unpaired) electrons. The number of aliphatic carboxylic acids is 1. The Balaban J connectivity index is 3.04. The van der Waals surface area contributed by atoms with Crippen LogP contribution in [0.2, 0.25) is 0 Å². The summed E-state index contributed by atoms with van der Waals surface area (Å²) in [6.45, 7) is 9.84. The zero-order chi connectivity index (χ0) is 55.5. The van der Waals surface area contributed by atoms with Gasteiger partial charge in [-0.15, -0.1) is 0 Å². The largest absolute Gasteiger partial charge is 0.480 e. The number of aliphatic hydroxyl groups excluding tert-OH is 1. The van der Waals surface area contributed by atoms with E-state index in [4.69, 9.17) is 28.0 Å². The zero-order valence-corrected chi connectivity index (χ0v) is 43.0. The Kier molecular flexibility index (Phi) is 29.2. The van der Waals surface area contributed by atoms with Crippen molar-refractivity contribution in [3.05, 3.63) is 0 Å². The van der Waals surface area contributed by atoms with Crippen molar-refractivity contribution in [2.45, 2.75) is 161 Å². The molecule has 1 rings (SSSR count). The highest BCUT2D eigenvalue weighted by molar-refractivity contribution is 5.98. The molecule has 0 aromatic heterocycles. The molecule has 0 spiro atoms. The minimum absolute atomic E-state index is 0.0342. The second kappa shape index (κ2) is 33.1. The molecule has 0 unspecified atom stereocenters. The van der Waals surface area contributed by atoms with Crippen molar-refractivity contribution in [2.24, 2.45) is 39.8 Å². The minimum atomic E-state index is -1.32. The Morgan fingerprint density at radius 2 is 1.22 bits per heavy atom. The molecule has 1 fully saturated rings. The standard InChI is InChI=1S/C45H81N15O13/c1-8-24(4)35(42(70)55-26(6)43(71)60-18-12-15-32(60)41(69)52-21-34(63)54-27(7)44(72)73)59-40(68)29(13-9-10-16-46)56-36(64)25(5)53-33(62)20-51-38(66)31(19-23(2)3)58-39(67)30(14-11-17-50-45(48)49)57-37(65)28(47)22-61/h23-32,35,61H,8-22,46-47H2,1-7H3,(H,51,66)(H,52,69)(H,53,62)(H,54,63)(H,55,70)(H,56,64)(H,57,65)(H,58,67)(H,59,68)(H,72,73)(H4,48,49,50)/t24-,25-,26-,27-,28-,29-,30-,31-,32-,35-/m0/s1. The van der Waals surface area contributed by atoms with E-state index in [2.05, 4.69) is 52.8 Å². The number of hydrogen-bond donors (Lipinski definition) is 15. The highest BCUT2D eigenvalue weighted by Crippen LogP contribution is 2.19. The third kappa shape index (κ3) is 23.6. The van der Waals surface area contributed by atoms with Gasteiger partial charge in [-0.2, -0.15) is 0 Å². The number of likely N-dealkylation sites (tertiary alicyclic amines) is 1. The lowest BCUT2D eigenvalue weighted by atomic mass is 9.97. The molecule has 0 saturated carbocycles. The number of hydrogen-bond acceptors (Lipinski definition) is 15. The molecule has 10 atom stereocenters. The van der Waals surface area contributed by atoms with Gasteiger partial charge in [-0.25, -0.2) is 0 Å². The van der Waals surface area contributed by atoms with E-state index in [0.29, 0.717) is 25.7 Å². The Labute approximate surface area is 425 Å². The third-order valence-electron chi connectivity index (χ3n) is 11.8. The van der Waals surface area contributed by atoms with Crippen molar-refractivity contribution in [2.75, 3.05) is 39.3 Å². The fraction of sp³-hybridized carbons (Fsp3) is 0.733. The first-order valence-electron chi connectivity index (χ1n) is 24.6. The van der Waals surface area contributed by atoms with Crippen LogP contribution in [0.1, 0.15) is 106 Å². The maximum absolute atomic E-state index is 13.9. The lowest BCUT2D eigenvalue weighted by Crippen LogP contribution is -2.60. The number of unbranched alkanes of at least 4 members (excludes halogenated alkanes) is 1. The number of rotatable bonds is 33. The Morgan fingerprint density at radius 1 is 0.658 bits per heavy atom. The first-order valence-corrected chi connectivity index (χ1v) is 24.6. The summed E-state index contributed by atoms with van der Waals surface area (Å²) in [5, 5.41) is 40.9. The van der Waals surface area contributed by atoms with Crippen LogP contribution in [-0.4, -0.2) is 180 Å². The van der Waals surface area contributed by atoms with Crippen LogP contribution in [0, 0.1) is 11.8 Å². The Morgan fingerprint density at radius 3 is 1.78 bits per heavy atom. The highest BCUT2D eigenvalue weighted by atomic mass is 16.4. The van der Waals surface area contributed by atoms with E-state index in [0.717, 1.165) is 0 Å². The van der Waals surface area contributed by atoms with Gasteiger partial charge >= 0.3 is 5.97 Å². The summed E-state index contributed by atoms with van der Waals surface area (Å²) in [6, 6.07) is -10.7. The van der Waals surface area contributed by atoms with Gasteiger partial charge < -0.3 is 85.9 Å². The summed E-state index contributed by atoms with van der Waals surface area (Å²) in [4.78, 5) is 148. The van der Waals surface area contributed by atoms with E-state index in [1.807, 2.05) is 0 Å². The number of amides is 10. The number of aliphatic imine (C=N–C) groups is 1. The number of nitrogens with two attached hydrogens (primary N) is 4. The Hall–Kier alpha value is -6.68. The lowest BCUT2D eigenvalue weighted by Gasteiger charge is -2.30. The van der Waals surface area contributed by atoms with Crippen LogP contribution in [0.3, 0.4) is 0 Å². The van der Waals surface area contributed by atoms with Gasteiger partial charge in [0.25, 0.3) is 0 Å². The molecule has 414 valence electrons. The number of guanidine groups is 1. The summed E-state index contributed by atoms with van der Waals surface area (Å²) < 4.78 is 0. The molecule has 1 heterocycles. The normalized spacial score (nSPS) is 16.8. The van der Waals surface area contributed by atoms with E-state index in [-0.39, 0.29) is 63.6 Å². The molecule has 0 aliphatic carbocycles. The van der Waals surface area contributed by atoms with Crippen LogP contribution < -0.4 is 70.8 Å². The van der Waals surface area contributed by atoms with E-state index in [1.165, 1.54) is 25.7 Å². The molecule has 10 amide bonds. The van der Waals surface area contributed by atoms with Crippen molar-refractivity contribution >= 4 is 71.0 Å². The number of nitrogens with zero attached hydrogens (tertiary/aromatic N) is 2. The molecule has 28 heteroatoms. The van der Waals surface area contributed by atoms with Crippen molar-refractivity contribution in [1.29, 1.82) is 0 Å². The average Bonchev–Trinajstić information content (AvgIpc) is 3.83. The predicted octanol–water partition coefficient (Wildman–Crippen LogP) is -5.66. The van der Waals surface area contributed by atoms with E-state index >= 15 is 0 Å². The first kappa shape index (κ1) is 64.3. The molecular weight excluding hydrogens is 959 g/mol. The summed E-state index contributed by atoms with van der Waals surface area (Å²) in [7, 11) is 0. The average molecular weight is 1040 g/mol. The fourth-order valence-corrected chi connectivity index (χ4v) is 7.33. The van der Waals surface area contributed by atoms with Gasteiger partial charge in [0.2, 0.25) is 59.1 Å². The zero-order valence-electron chi connectivity index (χ0n) is 43.0. The SMILES string of the molecule is CC[C@H](C)[C@H](NC(=O)[C@H](CCCCN)NC(=O)[C@H](C)NC(=O)CNC(=O)[C@H](CC(C)C)NC(=O)[C@H](CCCN=C(N)N)NC(=O)[C@@H](N)CO)C(=O)N[C@@H](C)C(=O)N1CCC[C@H]1C(=O)NCC(=O)N[C@@H](C)C(=O)O. The first-order chi connectivity index (χ1) is 34.3. The summed E-state index contributed by atoms with van der Waals surface area (Å²) in [5.74, 6) is -9.38. The van der Waals surface area contributed by atoms with E-state index in [9.17, 15) is 57.8 Å². The second-order valence-corrected chi connectivity index (χ2v) is 18.5. The number of nitrogens with one attached hydrogen (secondary N) is 9. The van der Waals surface area contributed by atoms with Gasteiger partial charge in [-0.3, -0.25) is 57.7 Å². The van der Waals surface area contributed by atoms with Crippen molar-refractivity contribution < 1.29 is 63.0 Å². The number of carboxylic acids is 1. The fourth-order valence-electron chi connectivity index (χ4n) is 7.33. The minimum Gasteiger partial charge on any atom is -0.480 e. The van der Waals surface area contributed by atoms with Crippen molar-refractivity contribution in [1.82, 2.24) is 52.8 Å². The molecule has 1 aliphatic heterocycles. The van der Waals surface area contributed by atoms with Gasteiger partial charge in [0.05, 0.1) is 19.7 Å². The van der Waals surface area contributed by atoms with Crippen LogP contribution in [0.4, 0.5) is 0 Å². The Bertz CT molecular complexity index is 1940. The number of carbonyl (C=O) groups excluding carboxylic acids is 10. The van der Waals surface area contributed by atoms with Gasteiger partial charge in [0.1, 0.15) is 54.4 Å². The quantitative estimate of drug-likeness (QED) is 0.0165. The molecule has 0 aromatic rings. The molecular formula is C45H81N15O13. The van der Waals surface area contributed by atoms with Crippen molar-refractivity contribution in [3.8, 4) is 0 Å². The molecule has 28 nitrogen and oxygen atoms in total. The monoisotopic (exact) mass is 1040 g/mol. The molecule has 19 N–H and O–H groups in total. The van der Waals surface area contributed by atoms with Crippen molar-refractivity contribution in [3.63, 3.8) is 0 Å². The van der Waals surface area contributed by atoms with E-state index < -0.39 is 145 Å². The summed E-state index contributed by atoms with van der Waals surface area (Å²) in [5.41, 5.74) is 22.1. The van der Waals surface area contributed by atoms with Crippen LogP contribution in [0.25, 0.3) is 0 Å². The molecule has 1 aliphatic rings. The number of aliphatic hydroxyl groups is 1. The van der Waals surface area contributed by atoms with Gasteiger partial charge in [-0.1, -0.05) is 34.1 Å². The van der Waals surface area contributed by atoms with Gasteiger partial charge in [-0.05, 0) is 90.5 Å². The topological polar surface area (TPSA) is 456 Å². The summed E-state index contributed by atoms with van der Waals surface area (Å²) in [6.07, 6.45) is 2.49. The van der Waals surface area contributed by atoms with E-state index in [1.54, 1.807) is 27.7 Å². The van der Waals surface area contributed by atoms with Crippen LogP contribution >= 0.6 is 0 Å². The molecule has 1 saturated heterocycles. The van der Waals surface area contributed by atoms with Crippen LogP contribution in [0.15, 0.2) is 4.99 Å². The molecule has 0 aromatic carbocycles. The van der Waals surface area contributed by atoms with Crippen LogP contribution in [-0.2, 0) is 52.7 Å². The lowest BCUT2D eigenvalue weighted by molar-refractivity contribution is -0.142. The van der Waals surface area contributed by atoms with Gasteiger partial charge in [0, 0.05) is 13.1 Å². The number of carbonyl (C=O) groups is 11. The van der Waals surface area contributed by atoms with Gasteiger partial charge in [0.15, 0.2) is 5.96 Å². The molecule has 73 heavy (non-hydrogen) atoms. The maximum Gasteiger partial charge on any atom is 0.325 e. The summed E-state index contributed by atoms with van der Waals surface area (Å²) >= 11 is 0. The highest BCUT2D eigenvalue weighted by Gasteiger charge is 2.38. The molecule has 0 bridgehead atoms. The third-order valence-corrected chi connectivity index (χ3v) is 11.8.